The fourth-order valence-corrected chi connectivity index (χ4v) is 4.37. The smallest absolute Gasteiger partial charge is 0.264 e. The summed E-state index contributed by atoms with van der Waals surface area (Å²) in [6.45, 7) is 2.90. The number of nitrogens with one attached hydrogen (secondary N) is 1. The van der Waals surface area contributed by atoms with Crippen LogP contribution in [0.5, 0.6) is 23.0 Å². The number of amides is 2. The van der Waals surface area contributed by atoms with Crippen molar-refractivity contribution < 1.29 is 28.5 Å². The standard InChI is InChI=1S/C28H28N2O6/c1-3-23-28(32)30(15-19-6-10-25-26(12-19)35-17-34-25)16-20-14-21(7-11-24(20)36-23)29-27(31)13-18-4-8-22(33-2)9-5-18/h4-12,14,23H,3,13,15-17H2,1-2H3,(H,29,31)/t23-/m0/s1. The molecule has 8 heteroatoms. The summed E-state index contributed by atoms with van der Waals surface area (Å²) in [5.74, 6) is 2.58. The predicted octanol–water partition coefficient (Wildman–Crippen LogP) is 4.30. The fourth-order valence-electron chi connectivity index (χ4n) is 4.37. The molecule has 0 spiro atoms. The Morgan fingerprint density at radius 2 is 1.75 bits per heavy atom. The molecule has 0 unspecified atom stereocenters. The molecule has 8 nitrogen and oxygen atoms in total. The van der Waals surface area contributed by atoms with Gasteiger partial charge in [0.1, 0.15) is 11.5 Å². The number of methoxy groups -OCH3 is 1. The molecule has 1 atom stereocenters. The van der Waals surface area contributed by atoms with E-state index in [1.165, 1.54) is 0 Å². The third kappa shape index (κ3) is 5.07. The lowest BCUT2D eigenvalue weighted by Gasteiger charge is -2.23. The van der Waals surface area contributed by atoms with Crippen molar-refractivity contribution in [2.24, 2.45) is 0 Å². The summed E-state index contributed by atoms with van der Waals surface area (Å²) in [7, 11) is 1.61. The van der Waals surface area contributed by atoms with E-state index < -0.39 is 6.10 Å². The van der Waals surface area contributed by atoms with E-state index in [-0.39, 0.29) is 25.0 Å². The molecule has 0 aromatic heterocycles. The van der Waals surface area contributed by atoms with E-state index in [2.05, 4.69) is 5.32 Å². The summed E-state index contributed by atoms with van der Waals surface area (Å²) in [6.07, 6.45) is 0.219. The summed E-state index contributed by atoms with van der Waals surface area (Å²) < 4.78 is 22.1. The van der Waals surface area contributed by atoms with Gasteiger partial charge >= 0.3 is 0 Å². The second-order valence-corrected chi connectivity index (χ2v) is 8.79. The number of hydrogen-bond acceptors (Lipinski definition) is 6. The van der Waals surface area contributed by atoms with Crippen LogP contribution in [0.3, 0.4) is 0 Å². The molecule has 2 aliphatic heterocycles. The van der Waals surface area contributed by atoms with Crippen molar-refractivity contribution in [3.05, 3.63) is 77.4 Å². The first-order valence-electron chi connectivity index (χ1n) is 11.9. The Balaban J connectivity index is 1.32. The van der Waals surface area contributed by atoms with Gasteiger partial charge in [-0.3, -0.25) is 9.59 Å². The van der Waals surface area contributed by atoms with E-state index in [1.54, 1.807) is 18.1 Å². The van der Waals surface area contributed by atoms with Crippen LogP contribution in [0.25, 0.3) is 0 Å². The molecule has 2 aliphatic rings. The molecule has 3 aromatic rings. The lowest BCUT2D eigenvalue weighted by Crippen LogP contribution is -2.38. The molecule has 0 radical (unpaired) electrons. The number of carbonyl (C=O) groups excluding carboxylic acids is 2. The number of rotatable bonds is 7. The Kier molecular flexibility index (Phi) is 6.66. The van der Waals surface area contributed by atoms with Crippen molar-refractivity contribution in [2.45, 2.75) is 39.0 Å². The van der Waals surface area contributed by atoms with E-state index in [9.17, 15) is 9.59 Å². The van der Waals surface area contributed by atoms with E-state index in [1.807, 2.05) is 61.5 Å². The van der Waals surface area contributed by atoms with Gasteiger partial charge in [0.05, 0.1) is 13.5 Å². The first-order chi connectivity index (χ1) is 17.5. The quantitative estimate of drug-likeness (QED) is 0.534. The lowest BCUT2D eigenvalue weighted by atomic mass is 10.1. The van der Waals surface area contributed by atoms with Crippen LogP contribution in [0.15, 0.2) is 60.7 Å². The van der Waals surface area contributed by atoms with Gasteiger partial charge in [-0.15, -0.1) is 0 Å². The minimum atomic E-state index is -0.573. The van der Waals surface area contributed by atoms with Gasteiger partial charge in [-0.25, -0.2) is 0 Å². The number of carbonyl (C=O) groups is 2. The van der Waals surface area contributed by atoms with Crippen LogP contribution in [0, 0.1) is 0 Å². The average Bonchev–Trinajstić information content (AvgIpc) is 3.31. The predicted molar refractivity (Wildman–Crippen MR) is 133 cm³/mol. The molecular weight excluding hydrogens is 460 g/mol. The Labute approximate surface area is 209 Å². The van der Waals surface area contributed by atoms with Crippen LogP contribution in [0.2, 0.25) is 0 Å². The third-order valence-electron chi connectivity index (χ3n) is 6.27. The van der Waals surface area contributed by atoms with E-state index in [4.69, 9.17) is 18.9 Å². The summed E-state index contributed by atoms with van der Waals surface area (Å²) in [6, 6.07) is 18.6. The fraction of sp³-hybridized carbons (Fsp3) is 0.286. The summed E-state index contributed by atoms with van der Waals surface area (Å²) in [5, 5.41) is 2.96. The summed E-state index contributed by atoms with van der Waals surface area (Å²) >= 11 is 0. The maximum Gasteiger partial charge on any atom is 0.264 e. The molecule has 0 aliphatic carbocycles. The molecule has 1 N–H and O–H groups in total. The van der Waals surface area contributed by atoms with Crippen molar-refractivity contribution in [3.8, 4) is 23.0 Å². The summed E-state index contributed by atoms with van der Waals surface area (Å²) in [4.78, 5) is 27.7. The van der Waals surface area contributed by atoms with E-state index in [0.29, 0.717) is 42.4 Å². The van der Waals surface area contributed by atoms with Crippen molar-refractivity contribution >= 4 is 17.5 Å². The van der Waals surface area contributed by atoms with Crippen molar-refractivity contribution in [1.29, 1.82) is 0 Å². The largest absolute Gasteiger partial charge is 0.497 e. The second kappa shape index (κ2) is 10.2. The number of nitrogens with zero attached hydrogens (tertiary/aromatic N) is 1. The van der Waals surface area contributed by atoms with E-state index >= 15 is 0 Å². The second-order valence-electron chi connectivity index (χ2n) is 8.79. The maximum absolute atomic E-state index is 13.3. The highest BCUT2D eigenvalue weighted by atomic mass is 16.7. The van der Waals surface area contributed by atoms with Crippen molar-refractivity contribution in [3.63, 3.8) is 0 Å². The summed E-state index contributed by atoms with van der Waals surface area (Å²) in [5.41, 5.74) is 3.32. The van der Waals surface area contributed by atoms with Crippen LogP contribution in [-0.4, -0.2) is 36.7 Å². The molecule has 2 heterocycles. The number of benzene rings is 3. The molecule has 0 saturated heterocycles. The minimum Gasteiger partial charge on any atom is -0.497 e. The molecule has 0 fully saturated rings. The monoisotopic (exact) mass is 488 g/mol. The van der Waals surface area contributed by atoms with Gasteiger partial charge in [0, 0.05) is 24.3 Å². The van der Waals surface area contributed by atoms with Gasteiger partial charge < -0.3 is 29.2 Å². The molecule has 5 rings (SSSR count). The molecule has 2 amide bonds. The molecular formula is C28H28N2O6. The molecule has 0 bridgehead atoms. The zero-order valence-corrected chi connectivity index (χ0v) is 20.3. The van der Waals surface area contributed by atoms with Gasteiger partial charge in [0.2, 0.25) is 12.7 Å². The van der Waals surface area contributed by atoms with Gasteiger partial charge in [-0.05, 0) is 60.0 Å². The normalized spacial score (nSPS) is 16.1. The molecule has 36 heavy (non-hydrogen) atoms. The van der Waals surface area contributed by atoms with Crippen LogP contribution in [0.4, 0.5) is 5.69 Å². The first kappa shape index (κ1) is 23.5. The average molecular weight is 489 g/mol. The highest BCUT2D eigenvalue weighted by molar-refractivity contribution is 5.92. The van der Waals surface area contributed by atoms with Crippen LogP contribution < -0.4 is 24.3 Å². The first-order valence-corrected chi connectivity index (χ1v) is 11.9. The number of hydrogen-bond donors (Lipinski definition) is 1. The zero-order valence-electron chi connectivity index (χ0n) is 20.3. The Hall–Kier alpha value is -4.20. The SMILES string of the molecule is CC[C@@H]1Oc2ccc(NC(=O)Cc3ccc(OC)cc3)cc2CN(Cc2ccc3c(c2)OCO3)C1=O. The molecule has 0 saturated carbocycles. The Morgan fingerprint density at radius 1 is 1.00 bits per heavy atom. The topological polar surface area (TPSA) is 86.3 Å². The van der Waals surface area contributed by atoms with Gasteiger partial charge in [0.15, 0.2) is 17.6 Å². The lowest BCUT2D eigenvalue weighted by molar-refractivity contribution is -0.139. The van der Waals surface area contributed by atoms with Crippen molar-refractivity contribution in [1.82, 2.24) is 4.90 Å². The van der Waals surface area contributed by atoms with Gasteiger partial charge in [-0.1, -0.05) is 25.1 Å². The third-order valence-corrected chi connectivity index (χ3v) is 6.27. The Bertz CT molecular complexity index is 1270. The van der Waals surface area contributed by atoms with Crippen molar-refractivity contribution in [2.75, 3.05) is 19.2 Å². The van der Waals surface area contributed by atoms with Crippen LogP contribution >= 0.6 is 0 Å². The van der Waals surface area contributed by atoms with Gasteiger partial charge in [0.25, 0.3) is 5.91 Å². The van der Waals surface area contributed by atoms with Crippen LogP contribution in [-0.2, 0) is 29.1 Å². The maximum atomic E-state index is 13.3. The highest BCUT2D eigenvalue weighted by Gasteiger charge is 2.30. The number of ether oxygens (including phenoxy) is 4. The van der Waals surface area contributed by atoms with E-state index in [0.717, 1.165) is 22.4 Å². The minimum absolute atomic E-state index is 0.0727. The number of anilines is 1. The molecule has 186 valence electrons. The van der Waals surface area contributed by atoms with Gasteiger partial charge in [-0.2, -0.15) is 0 Å². The number of fused-ring (bicyclic) bond motifs is 2. The zero-order chi connectivity index (χ0) is 25.1. The van der Waals surface area contributed by atoms with Crippen LogP contribution in [0.1, 0.15) is 30.0 Å². The highest BCUT2D eigenvalue weighted by Crippen LogP contribution is 2.34. The Morgan fingerprint density at radius 3 is 2.53 bits per heavy atom. The molecule has 3 aromatic carbocycles.